The van der Waals surface area contributed by atoms with Crippen LogP contribution in [0.5, 0.6) is 0 Å². The second-order valence-electron chi connectivity index (χ2n) is 3.12. The minimum atomic E-state index is 0.146. The van der Waals surface area contributed by atoms with Crippen molar-refractivity contribution in [1.82, 2.24) is 0 Å². The van der Waals surface area contributed by atoms with Crippen LogP contribution in [0.4, 0.5) is 0 Å². The van der Waals surface area contributed by atoms with E-state index in [1.54, 1.807) is 0 Å². The highest BCUT2D eigenvalue weighted by Gasteiger charge is 2.55. The van der Waals surface area contributed by atoms with E-state index in [1.165, 1.54) is 0 Å². The highest BCUT2D eigenvalue weighted by atomic mass is 16.6. The Labute approximate surface area is 44.7 Å². The Balaban J connectivity index is 2.59. The van der Waals surface area contributed by atoms with Gasteiger partial charge in [-0.2, -0.15) is 0 Å². The van der Waals surface area contributed by atoms with Gasteiger partial charge >= 0.3 is 0 Å². The van der Waals surface area contributed by atoms with Crippen molar-refractivity contribution in [3.8, 4) is 0 Å². The van der Waals surface area contributed by atoms with E-state index in [0.717, 1.165) is 0 Å². The van der Waals surface area contributed by atoms with E-state index in [2.05, 4.69) is 27.7 Å². The average Bonchev–Trinajstić information content (AvgIpc) is 1.63. The van der Waals surface area contributed by atoms with Gasteiger partial charge in [-0.25, -0.2) is 0 Å². The van der Waals surface area contributed by atoms with Crippen molar-refractivity contribution in [3.05, 3.63) is 0 Å². The molecule has 0 radical (unpaired) electrons. The SMILES string of the molecule is CC1(C)OC1(C)C. The third kappa shape index (κ3) is 0.556. The maximum absolute atomic E-state index is 5.29. The number of epoxide rings is 1. The third-order valence-electron chi connectivity index (χ3n) is 1.92. The van der Waals surface area contributed by atoms with Crippen molar-refractivity contribution in [3.63, 3.8) is 0 Å². The molecule has 0 aromatic heterocycles. The highest BCUT2D eigenvalue weighted by molar-refractivity contribution is 5.03. The molecule has 0 spiro atoms. The maximum atomic E-state index is 5.29. The van der Waals surface area contributed by atoms with Crippen molar-refractivity contribution in [2.24, 2.45) is 0 Å². The standard InChI is InChI=1S/C6H12O/c1-5(2)6(3,4)7-5/h1-4H3. The van der Waals surface area contributed by atoms with Crippen LogP contribution in [0, 0.1) is 0 Å². The van der Waals surface area contributed by atoms with Crippen molar-refractivity contribution in [1.29, 1.82) is 0 Å². The fourth-order valence-electron chi connectivity index (χ4n) is 0.612. The molecule has 1 nitrogen and oxygen atoms in total. The maximum Gasteiger partial charge on any atom is 0.0918 e. The summed E-state index contributed by atoms with van der Waals surface area (Å²) in [6.07, 6.45) is 0. The lowest BCUT2D eigenvalue weighted by Crippen LogP contribution is -2.10. The van der Waals surface area contributed by atoms with Gasteiger partial charge in [0.25, 0.3) is 0 Å². The van der Waals surface area contributed by atoms with E-state index in [0.29, 0.717) is 0 Å². The molecule has 1 heteroatoms. The van der Waals surface area contributed by atoms with E-state index in [4.69, 9.17) is 4.74 Å². The quantitative estimate of drug-likeness (QED) is 0.421. The van der Waals surface area contributed by atoms with Crippen molar-refractivity contribution < 1.29 is 4.74 Å². The molecule has 0 bridgehead atoms. The van der Waals surface area contributed by atoms with Crippen LogP contribution in [0.25, 0.3) is 0 Å². The zero-order chi connectivity index (χ0) is 5.71. The van der Waals surface area contributed by atoms with Gasteiger partial charge in [0.05, 0.1) is 11.2 Å². The molecule has 42 valence electrons. The van der Waals surface area contributed by atoms with Gasteiger partial charge in [-0.05, 0) is 27.7 Å². The molecule has 1 fully saturated rings. The summed E-state index contributed by atoms with van der Waals surface area (Å²) >= 11 is 0. The lowest BCUT2D eigenvalue weighted by molar-refractivity contribution is 0.296. The predicted octanol–water partition coefficient (Wildman–Crippen LogP) is 1.57. The fraction of sp³-hybridized carbons (Fsp3) is 1.00. The van der Waals surface area contributed by atoms with Crippen LogP contribution < -0.4 is 0 Å². The first-order chi connectivity index (χ1) is 2.96. The van der Waals surface area contributed by atoms with E-state index in [-0.39, 0.29) is 11.2 Å². The summed E-state index contributed by atoms with van der Waals surface area (Å²) in [5.41, 5.74) is 0.292. The Hall–Kier alpha value is -0.0400. The monoisotopic (exact) mass is 100 g/mol. The van der Waals surface area contributed by atoms with Crippen LogP contribution in [0.2, 0.25) is 0 Å². The van der Waals surface area contributed by atoms with E-state index in [1.807, 2.05) is 0 Å². The first kappa shape index (κ1) is 5.10. The molecule has 0 aromatic carbocycles. The summed E-state index contributed by atoms with van der Waals surface area (Å²) in [6.45, 7) is 8.42. The van der Waals surface area contributed by atoms with Crippen molar-refractivity contribution >= 4 is 0 Å². The zero-order valence-electron chi connectivity index (χ0n) is 5.41. The molecule has 1 heterocycles. The normalized spacial score (nSPS) is 32.6. The number of hydrogen-bond donors (Lipinski definition) is 0. The van der Waals surface area contributed by atoms with Gasteiger partial charge in [-0.1, -0.05) is 0 Å². The lowest BCUT2D eigenvalue weighted by Gasteiger charge is -1.95. The summed E-state index contributed by atoms with van der Waals surface area (Å²) in [4.78, 5) is 0. The number of ether oxygens (including phenoxy) is 1. The Bertz CT molecular complexity index is 80.4. The van der Waals surface area contributed by atoms with Gasteiger partial charge in [0.15, 0.2) is 0 Å². The van der Waals surface area contributed by atoms with Gasteiger partial charge in [0.2, 0.25) is 0 Å². The Morgan fingerprint density at radius 3 is 1.00 bits per heavy atom. The lowest BCUT2D eigenvalue weighted by atomic mass is 10.0. The van der Waals surface area contributed by atoms with Gasteiger partial charge < -0.3 is 4.74 Å². The first-order valence-electron chi connectivity index (χ1n) is 2.66. The van der Waals surface area contributed by atoms with Crippen LogP contribution in [-0.2, 0) is 4.74 Å². The molecule has 0 aliphatic carbocycles. The minimum Gasteiger partial charge on any atom is -0.364 e. The zero-order valence-corrected chi connectivity index (χ0v) is 5.41. The topological polar surface area (TPSA) is 12.5 Å². The Morgan fingerprint density at radius 1 is 0.857 bits per heavy atom. The van der Waals surface area contributed by atoms with Crippen molar-refractivity contribution in [2.45, 2.75) is 38.9 Å². The Kier molecular flexibility index (Phi) is 0.636. The molecule has 0 N–H and O–H groups in total. The molecule has 7 heavy (non-hydrogen) atoms. The third-order valence-corrected chi connectivity index (χ3v) is 1.92. The second kappa shape index (κ2) is 0.873. The fourth-order valence-corrected chi connectivity index (χ4v) is 0.612. The van der Waals surface area contributed by atoms with Crippen LogP contribution in [0.1, 0.15) is 27.7 Å². The van der Waals surface area contributed by atoms with Gasteiger partial charge in [0, 0.05) is 0 Å². The van der Waals surface area contributed by atoms with E-state index < -0.39 is 0 Å². The summed E-state index contributed by atoms with van der Waals surface area (Å²) in [7, 11) is 0. The predicted molar refractivity (Wildman–Crippen MR) is 29.2 cm³/mol. The number of hydrogen-bond acceptors (Lipinski definition) is 1. The van der Waals surface area contributed by atoms with E-state index >= 15 is 0 Å². The van der Waals surface area contributed by atoms with Crippen LogP contribution in [-0.4, -0.2) is 11.2 Å². The van der Waals surface area contributed by atoms with Gasteiger partial charge in [-0.3, -0.25) is 0 Å². The average molecular weight is 100 g/mol. The molecule has 1 saturated heterocycles. The smallest absolute Gasteiger partial charge is 0.0918 e. The molecule has 1 aliphatic rings. The van der Waals surface area contributed by atoms with Gasteiger partial charge in [0.1, 0.15) is 0 Å². The van der Waals surface area contributed by atoms with E-state index in [9.17, 15) is 0 Å². The largest absolute Gasteiger partial charge is 0.364 e. The second-order valence-corrected chi connectivity index (χ2v) is 3.12. The molecule has 0 saturated carbocycles. The summed E-state index contributed by atoms with van der Waals surface area (Å²) in [5, 5.41) is 0. The highest BCUT2D eigenvalue weighted by Crippen LogP contribution is 2.46. The molecule has 0 atom stereocenters. The molecule has 0 amide bonds. The van der Waals surface area contributed by atoms with Gasteiger partial charge in [-0.15, -0.1) is 0 Å². The first-order valence-corrected chi connectivity index (χ1v) is 2.66. The summed E-state index contributed by atoms with van der Waals surface area (Å²) < 4.78 is 5.29. The molecule has 1 aliphatic heterocycles. The molecule has 1 rings (SSSR count). The van der Waals surface area contributed by atoms with Crippen LogP contribution in [0.3, 0.4) is 0 Å². The van der Waals surface area contributed by atoms with Crippen molar-refractivity contribution in [2.75, 3.05) is 0 Å². The summed E-state index contributed by atoms with van der Waals surface area (Å²) in [6, 6.07) is 0. The minimum absolute atomic E-state index is 0.146. The van der Waals surface area contributed by atoms with Crippen LogP contribution in [0.15, 0.2) is 0 Å². The molecule has 0 unspecified atom stereocenters. The number of rotatable bonds is 0. The molecular formula is C6H12O. The van der Waals surface area contributed by atoms with Crippen LogP contribution >= 0.6 is 0 Å². The summed E-state index contributed by atoms with van der Waals surface area (Å²) in [5.74, 6) is 0. The molecule has 0 aromatic rings. The Morgan fingerprint density at radius 2 is 1.00 bits per heavy atom. The molecular weight excluding hydrogens is 88.1 g/mol.